The van der Waals surface area contributed by atoms with E-state index < -0.39 is 0 Å². The average Bonchev–Trinajstić information content (AvgIpc) is 3.13. The lowest BCUT2D eigenvalue weighted by Crippen LogP contribution is -2.05. The van der Waals surface area contributed by atoms with Crippen LogP contribution in [0.25, 0.3) is 28.5 Å². The SMILES string of the molecule is Cc1cccc(-c2nnc(-c3ccccc3)n2-c2ccccc2C(C)C)c1. The summed E-state index contributed by atoms with van der Waals surface area (Å²) in [6.07, 6.45) is 0. The zero-order chi connectivity index (χ0) is 18.8. The standard InChI is InChI=1S/C24H23N3/c1-17(2)21-14-7-8-15-22(21)27-23(19-11-5-4-6-12-19)25-26-24(27)20-13-9-10-18(3)16-20/h4-17H,1-3H3. The number of para-hydroxylation sites is 1. The van der Waals surface area contributed by atoms with Gasteiger partial charge in [0.2, 0.25) is 0 Å². The quantitative estimate of drug-likeness (QED) is 0.448. The molecule has 0 saturated heterocycles. The van der Waals surface area contributed by atoms with Gasteiger partial charge in [-0.15, -0.1) is 10.2 Å². The third-order valence-electron chi connectivity index (χ3n) is 4.77. The van der Waals surface area contributed by atoms with Gasteiger partial charge in [0, 0.05) is 11.1 Å². The molecule has 3 aromatic carbocycles. The minimum atomic E-state index is 0.401. The number of rotatable bonds is 4. The molecule has 1 aromatic heterocycles. The Labute approximate surface area is 160 Å². The smallest absolute Gasteiger partial charge is 0.168 e. The maximum absolute atomic E-state index is 4.59. The van der Waals surface area contributed by atoms with Crippen molar-refractivity contribution in [3.05, 3.63) is 90.0 Å². The molecule has 4 aromatic rings. The van der Waals surface area contributed by atoms with Crippen molar-refractivity contribution in [3.63, 3.8) is 0 Å². The Balaban J connectivity index is 2.02. The molecule has 0 N–H and O–H groups in total. The molecule has 0 fully saturated rings. The molecule has 1 heterocycles. The number of benzene rings is 3. The molecule has 0 saturated carbocycles. The van der Waals surface area contributed by atoms with Crippen LogP contribution in [0.4, 0.5) is 0 Å². The van der Waals surface area contributed by atoms with E-state index >= 15 is 0 Å². The summed E-state index contributed by atoms with van der Waals surface area (Å²) in [6.45, 7) is 6.54. The third-order valence-corrected chi connectivity index (χ3v) is 4.77. The molecule has 0 aliphatic heterocycles. The predicted molar refractivity (Wildman–Crippen MR) is 111 cm³/mol. The molecule has 0 aliphatic carbocycles. The average molecular weight is 353 g/mol. The lowest BCUT2D eigenvalue weighted by atomic mass is 10.0. The molecule has 0 atom stereocenters. The van der Waals surface area contributed by atoms with Crippen LogP contribution in [-0.2, 0) is 0 Å². The number of hydrogen-bond acceptors (Lipinski definition) is 2. The maximum atomic E-state index is 4.59. The largest absolute Gasteiger partial charge is 0.275 e. The fourth-order valence-electron chi connectivity index (χ4n) is 3.44. The van der Waals surface area contributed by atoms with Crippen molar-refractivity contribution in [3.8, 4) is 28.5 Å². The monoisotopic (exact) mass is 353 g/mol. The van der Waals surface area contributed by atoms with E-state index in [-0.39, 0.29) is 0 Å². The highest BCUT2D eigenvalue weighted by Crippen LogP contribution is 2.32. The van der Waals surface area contributed by atoms with E-state index in [1.165, 1.54) is 11.1 Å². The highest BCUT2D eigenvalue weighted by molar-refractivity contribution is 5.68. The van der Waals surface area contributed by atoms with Crippen LogP contribution in [0.1, 0.15) is 30.9 Å². The van der Waals surface area contributed by atoms with Crippen molar-refractivity contribution in [2.24, 2.45) is 0 Å². The first-order valence-corrected chi connectivity index (χ1v) is 9.32. The number of nitrogens with zero attached hydrogens (tertiary/aromatic N) is 3. The summed E-state index contributed by atoms with van der Waals surface area (Å²) in [5, 5.41) is 9.18. The summed E-state index contributed by atoms with van der Waals surface area (Å²) in [6, 6.07) is 27.2. The van der Waals surface area contributed by atoms with Gasteiger partial charge in [0.1, 0.15) is 0 Å². The Morgan fingerprint density at radius 2 is 1.33 bits per heavy atom. The van der Waals surface area contributed by atoms with Crippen LogP contribution in [0.3, 0.4) is 0 Å². The van der Waals surface area contributed by atoms with Gasteiger partial charge >= 0.3 is 0 Å². The summed E-state index contributed by atoms with van der Waals surface area (Å²) in [7, 11) is 0. The van der Waals surface area contributed by atoms with Crippen molar-refractivity contribution in [1.29, 1.82) is 0 Å². The summed E-state index contributed by atoms with van der Waals surface area (Å²) in [5.74, 6) is 2.13. The van der Waals surface area contributed by atoms with Crippen LogP contribution < -0.4 is 0 Å². The van der Waals surface area contributed by atoms with Crippen LogP contribution in [0.5, 0.6) is 0 Å². The summed E-state index contributed by atoms with van der Waals surface area (Å²) in [5.41, 5.74) is 5.75. The first kappa shape index (κ1) is 17.2. The lowest BCUT2D eigenvalue weighted by molar-refractivity contribution is 0.848. The Kier molecular flexibility index (Phi) is 4.59. The van der Waals surface area contributed by atoms with Crippen LogP contribution in [-0.4, -0.2) is 14.8 Å². The van der Waals surface area contributed by atoms with Gasteiger partial charge < -0.3 is 0 Å². The summed E-state index contributed by atoms with van der Waals surface area (Å²) < 4.78 is 2.19. The summed E-state index contributed by atoms with van der Waals surface area (Å²) in [4.78, 5) is 0. The lowest BCUT2D eigenvalue weighted by Gasteiger charge is -2.17. The van der Waals surface area contributed by atoms with Gasteiger partial charge in [-0.05, 0) is 30.5 Å². The molecule has 0 bridgehead atoms. The number of aryl methyl sites for hydroxylation is 1. The van der Waals surface area contributed by atoms with E-state index in [2.05, 4.69) is 96.2 Å². The first-order chi connectivity index (χ1) is 13.1. The molecular formula is C24H23N3. The molecule has 4 rings (SSSR count). The molecule has 0 radical (unpaired) electrons. The van der Waals surface area contributed by atoms with Gasteiger partial charge in [0.05, 0.1) is 5.69 Å². The molecular weight excluding hydrogens is 330 g/mol. The maximum Gasteiger partial charge on any atom is 0.168 e. The van der Waals surface area contributed by atoms with Gasteiger partial charge in [0.25, 0.3) is 0 Å². The van der Waals surface area contributed by atoms with Crippen molar-refractivity contribution in [2.45, 2.75) is 26.7 Å². The fourth-order valence-corrected chi connectivity index (χ4v) is 3.44. The van der Waals surface area contributed by atoms with Crippen molar-refractivity contribution < 1.29 is 0 Å². The Morgan fingerprint density at radius 3 is 2.04 bits per heavy atom. The highest BCUT2D eigenvalue weighted by Gasteiger charge is 2.19. The van der Waals surface area contributed by atoms with E-state index in [1.54, 1.807) is 0 Å². The van der Waals surface area contributed by atoms with Crippen molar-refractivity contribution >= 4 is 0 Å². The molecule has 0 amide bonds. The molecule has 0 aliphatic rings. The van der Waals surface area contributed by atoms with Crippen LogP contribution in [0.15, 0.2) is 78.9 Å². The van der Waals surface area contributed by atoms with Crippen LogP contribution in [0, 0.1) is 6.92 Å². The van der Waals surface area contributed by atoms with E-state index in [4.69, 9.17) is 0 Å². The molecule has 0 spiro atoms. The predicted octanol–water partition coefficient (Wildman–Crippen LogP) is 6.03. The third kappa shape index (κ3) is 3.28. The minimum Gasteiger partial charge on any atom is -0.275 e. The van der Waals surface area contributed by atoms with Gasteiger partial charge in [0.15, 0.2) is 11.6 Å². The minimum absolute atomic E-state index is 0.401. The summed E-state index contributed by atoms with van der Waals surface area (Å²) >= 11 is 0. The van der Waals surface area contributed by atoms with E-state index in [0.29, 0.717) is 5.92 Å². The van der Waals surface area contributed by atoms with Crippen molar-refractivity contribution in [2.75, 3.05) is 0 Å². The van der Waals surface area contributed by atoms with Crippen LogP contribution in [0.2, 0.25) is 0 Å². The second kappa shape index (κ2) is 7.20. The normalized spacial score (nSPS) is 11.1. The fraction of sp³-hybridized carbons (Fsp3) is 0.167. The first-order valence-electron chi connectivity index (χ1n) is 9.32. The Hall–Kier alpha value is -3.20. The van der Waals surface area contributed by atoms with Gasteiger partial charge in [-0.2, -0.15) is 0 Å². The van der Waals surface area contributed by atoms with E-state index in [0.717, 1.165) is 28.5 Å². The molecule has 0 unspecified atom stereocenters. The molecule has 134 valence electrons. The second-order valence-corrected chi connectivity index (χ2v) is 7.13. The van der Waals surface area contributed by atoms with Gasteiger partial charge in [-0.1, -0.05) is 86.1 Å². The molecule has 27 heavy (non-hydrogen) atoms. The Bertz CT molecular complexity index is 1060. The van der Waals surface area contributed by atoms with Crippen LogP contribution >= 0.6 is 0 Å². The van der Waals surface area contributed by atoms with Gasteiger partial charge in [-0.3, -0.25) is 4.57 Å². The van der Waals surface area contributed by atoms with E-state index in [1.807, 2.05) is 18.2 Å². The second-order valence-electron chi connectivity index (χ2n) is 7.13. The molecule has 3 nitrogen and oxygen atoms in total. The van der Waals surface area contributed by atoms with E-state index in [9.17, 15) is 0 Å². The number of aromatic nitrogens is 3. The van der Waals surface area contributed by atoms with Gasteiger partial charge in [-0.25, -0.2) is 0 Å². The Morgan fingerprint density at radius 1 is 0.704 bits per heavy atom. The zero-order valence-electron chi connectivity index (χ0n) is 15.9. The zero-order valence-corrected chi connectivity index (χ0v) is 15.9. The van der Waals surface area contributed by atoms with Crippen molar-refractivity contribution in [1.82, 2.24) is 14.8 Å². The highest BCUT2D eigenvalue weighted by atomic mass is 15.3. The molecule has 3 heteroatoms. The topological polar surface area (TPSA) is 30.7 Å². The number of hydrogen-bond donors (Lipinski definition) is 0.